The number of ether oxygens (including phenoxy) is 1. The molecule has 0 atom stereocenters. The van der Waals surface area contributed by atoms with Gasteiger partial charge in [0.2, 0.25) is 0 Å². The molecule has 0 saturated carbocycles. The number of aryl methyl sites for hydroxylation is 1. The molecular formula is C14H18N2O5. The first-order valence-electron chi connectivity index (χ1n) is 6.53. The van der Waals surface area contributed by atoms with Gasteiger partial charge in [0.15, 0.2) is 0 Å². The Bertz CT molecular complexity index is 556. The third-order valence-electron chi connectivity index (χ3n) is 2.95. The second kappa shape index (κ2) is 7.37. The van der Waals surface area contributed by atoms with E-state index in [9.17, 15) is 19.7 Å². The van der Waals surface area contributed by atoms with Gasteiger partial charge in [0.25, 0.3) is 11.6 Å². The largest absolute Gasteiger partial charge is 0.466 e. The minimum Gasteiger partial charge on any atom is -0.466 e. The van der Waals surface area contributed by atoms with Crippen molar-refractivity contribution in [2.24, 2.45) is 0 Å². The lowest BCUT2D eigenvalue weighted by atomic mass is 10.1. The molecule has 0 spiro atoms. The number of non-ortho nitro benzene ring substituents is 1. The molecule has 0 N–H and O–H groups in total. The molecule has 1 aromatic rings. The number of hydrogen-bond donors (Lipinski definition) is 0. The zero-order chi connectivity index (χ0) is 16.0. The Labute approximate surface area is 122 Å². The van der Waals surface area contributed by atoms with Gasteiger partial charge in [-0.3, -0.25) is 19.7 Å². The van der Waals surface area contributed by atoms with E-state index in [4.69, 9.17) is 4.74 Å². The van der Waals surface area contributed by atoms with E-state index in [1.165, 1.54) is 23.1 Å². The summed E-state index contributed by atoms with van der Waals surface area (Å²) in [4.78, 5) is 35.0. The number of esters is 1. The maximum Gasteiger partial charge on any atom is 0.307 e. The molecule has 0 unspecified atom stereocenters. The van der Waals surface area contributed by atoms with Crippen molar-refractivity contribution in [1.29, 1.82) is 0 Å². The van der Waals surface area contributed by atoms with Crippen molar-refractivity contribution < 1.29 is 19.2 Å². The van der Waals surface area contributed by atoms with Crippen LogP contribution in [-0.4, -0.2) is 41.9 Å². The molecule has 7 heteroatoms. The topological polar surface area (TPSA) is 89.8 Å². The van der Waals surface area contributed by atoms with E-state index in [0.717, 1.165) is 0 Å². The standard InChI is InChI=1S/C14H18N2O5/c1-4-21-13(17)7-8-15(3)14(18)12-6-5-11(16(19)20)9-10(12)2/h5-6,9H,4,7-8H2,1-3H3. The molecule has 0 saturated heterocycles. The third-order valence-corrected chi connectivity index (χ3v) is 2.95. The lowest BCUT2D eigenvalue weighted by Gasteiger charge is -2.17. The summed E-state index contributed by atoms with van der Waals surface area (Å²) in [5.74, 6) is -0.649. The van der Waals surface area contributed by atoms with E-state index in [-0.39, 0.29) is 30.5 Å². The van der Waals surface area contributed by atoms with Crippen molar-refractivity contribution >= 4 is 17.6 Å². The number of carbonyl (C=O) groups excluding carboxylic acids is 2. The molecule has 0 aromatic heterocycles. The molecule has 0 bridgehead atoms. The van der Waals surface area contributed by atoms with E-state index in [1.54, 1.807) is 20.9 Å². The van der Waals surface area contributed by atoms with Gasteiger partial charge in [0.05, 0.1) is 18.0 Å². The van der Waals surface area contributed by atoms with E-state index in [1.807, 2.05) is 0 Å². The highest BCUT2D eigenvalue weighted by Gasteiger charge is 2.17. The van der Waals surface area contributed by atoms with E-state index in [2.05, 4.69) is 0 Å². The van der Waals surface area contributed by atoms with Crippen LogP contribution in [0.1, 0.15) is 29.3 Å². The molecule has 0 heterocycles. The van der Waals surface area contributed by atoms with Gasteiger partial charge in [-0.15, -0.1) is 0 Å². The summed E-state index contributed by atoms with van der Waals surface area (Å²) in [6, 6.07) is 4.07. The lowest BCUT2D eigenvalue weighted by Crippen LogP contribution is -2.30. The first kappa shape index (κ1) is 16.6. The third kappa shape index (κ3) is 4.55. The fraction of sp³-hybridized carbons (Fsp3) is 0.429. The summed E-state index contributed by atoms with van der Waals surface area (Å²) < 4.78 is 4.79. The molecule has 1 amide bonds. The van der Waals surface area contributed by atoms with Crippen LogP contribution in [0.25, 0.3) is 0 Å². The van der Waals surface area contributed by atoms with Crippen LogP contribution >= 0.6 is 0 Å². The SMILES string of the molecule is CCOC(=O)CCN(C)C(=O)c1ccc([N+](=O)[O-])cc1C. The van der Waals surface area contributed by atoms with Crippen molar-refractivity contribution in [2.45, 2.75) is 20.3 Å². The summed E-state index contributed by atoms with van der Waals surface area (Å²) in [5, 5.41) is 10.7. The molecule has 1 rings (SSSR count). The summed E-state index contributed by atoms with van der Waals surface area (Å²) in [6.45, 7) is 3.89. The zero-order valence-electron chi connectivity index (χ0n) is 12.3. The predicted molar refractivity (Wildman–Crippen MR) is 76.0 cm³/mol. The quantitative estimate of drug-likeness (QED) is 0.454. The van der Waals surface area contributed by atoms with Crippen LogP contribution in [0.15, 0.2) is 18.2 Å². The number of hydrogen-bond acceptors (Lipinski definition) is 5. The number of nitro groups is 1. The molecule has 0 fully saturated rings. The fourth-order valence-corrected chi connectivity index (χ4v) is 1.80. The van der Waals surface area contributed by atoms with E-state index in [0.29, 0.717) is 17.7 Å². The Balaban J connectivity index is 2.74. The van der Waals surface area contributed by atoms with Gasteiger partial charge in [0, 0.05) is 31.3 Å². The molecular weight excluding hydrogens is 276 g/mol. The van der Waals surface area contributed by atoms with E-state index >= 15 is 0 Å². The average molecular weight is 294 g/mol. The number of nitrogens with zero attached hydrogens (tertiary/aromatic N) is 2. The van der Waals surface area contributed by atoms with Crippen LogP contribution in [0.3, 0.4) is 0 Å². The maximum atomic E-state index is 12.2. The van der Waals surface area contributed by atoms with Crippen molar-refractivity contribution in [1.82, 2.24) is 4.90 Å². The van der Waals surface area contributed by atoms with Gasteiger partial charge in [0.1, 0.15) is 0 Å². The minimum atomic E-state index is -0.508. The highest BCUT2D eigenvalue weighted by atomic mass is 16.6. The lowest BCUT2D eigenvalue weighted by molar-refractivity contribution is -0.384. The van der Waals surface area contributed by atoms with Gasteiger partial charge in [-0.25, -0.2) is 0 Å². The number of amides is 1. The minimum absolute atomic E-state index is 0.0572. The summed E-state index contributed by atoms with van der Waals surface area (Å²) in [5.41, 5.74) is 0.849. The van der Waals surface area contributed by atoms with Crippen LogP contribution in [0, 0.1) is 17.0 Å². The number of rotatable bonds is 6. The van der Waals surface area contributed by atoms with Crippen molar-refractivity contribution in [3.05, 3.63) is 39.4 Å². The Kier molecular flexibility index (Phi) is 5.83. The Hall–Kier alpha value is -2.44. The van der Waals surface area contributed by atoms with Crippen LogP contribution in [0.2, 0.25) is 0 Å². The highest BCUT2D eigenvalue weighted by molar-refractivity contribution is 5.95. The smallest absolute Gasteiger partial charge is 0.307 e. The molecule has 114 valence electrons. The highest BCUT2D eigenvalue weighted by Crippen LogP contribution is 2.18. The van der Waals surface area contributed by atoms with Crippen LogP contribution in [-0.2, 0) is 9.53 Å². The molecule has 0 radical (unpaired) electrons. The van der Waals surface area contributed by atoms with Crippen molar-refractivity contribution in [3.8, 4) is 0 Å². The first-order valence-corrected chi connectivity index (χ1v) is 6.53. The summed E-state index contributed by atoms with van der Waals surface area (Å²) in [7, 11) is 1.57. The molecule has 0 aliphatic carbocycles. The Morgan fingerprint density at radius 2 is 2.05 bits per heavy atom. The van der Waals surface area contributed by atoms with E-state index < -0.39 is 4.92 Å². The molecule has 1 aromatic carbocycles. The molecule has 21 heavy (non-hydrogen) atoms. The van der Waals surface area contributed by atoms with Crippen molar-refractivity contribution in [3.63, 3.8) is 0 Å². The fourth-order valence-electron chi connectivity index (χ4n) is 1.80. The van der Waals surface area contributed by atoms with Crippen molar-refractivity contribution in [2.75, 3.05) is 20.2 Å². The molecule has 7 nitrogen and oxygen atoms in total. The summed E-state index contributed by atoms with van der Waals surface area (Å²) >= 11 is 0. The predicted octanol–water partition coefficient (Wildman–Crippen LogP) is 1.93. The second-order valence-corrected chi connectivity index (χ2v) is 4.54. The van der Waals surface area contributed by atoms with Gasteiger partial charge in [-0.2, -0.15) is 0 Å². The number of carbonyl (C=O) groups is 2. The van der Waals surface area contributed by atoms with Gasteiger partial charge in [-0.05, 0) is 25.5 Å². The van der Waals surface area contributed by atoms with Crippen LogP contribution < -0.4 is 0 Å². The maximum absolute atomic E-state index is 12.2. The Morgan fingerprint density at radius 1 is 1.38 bits per heavy atom. The normalized spacial score (nSPS) is 10.0. The number of benzene rings is 1. The van der Waals surface area contributed by atoms with Crippen LogP contribution in [0.4, 0.5) is 5.69 Å². The Morgan fingerprint density at radius 3 is 2.57 bits per heavy atom. The van der Waals surface area contributed by atoms with Gasteiger partial charge in [-0.1, -0.05) is 0 Å². The van der Waals surface area contributed by atoms with Gasteiger partial charge >= 0.3 is 5.97 Å². The molecule has 0 aliphatic rings. The second-order valence-electron chi connectivity index (χ2n) is 4.54. The summed E-state index contributed by atoms with van der Waals surface area (Å²) in [6.07, 6.45) is 0.113. The van der Waals surface area contributed by atoms with Crippen LogP contribution in [0.5, 0.6) is 0 Å². The first-order chi connectivity index (χ1) is 9.86. The molecule has 0 aliphatic heterocycles. The monoisotopic (exact) mass is 294 g/mol. The zero-order valence-corrected chi connectivity index (χ0v) is 12.3. The number of nitro benzene ring substituents is 1. The average Bonchev–Trinajstić information content (AvgIpc) is 2.44. The van der Waals surface area contributed by atoms with Gasteiger partial charge < -0.3 is 9.64 Å².